The maximum atomic E-state index is 10.6. The summed E-state index contributed by atoms with van der Waals surface area (Å²) in [5.41, 5.74) is 6.82. The number of esters is 1. The average molecular weight is 130 g/mol. The molecule has 0 saturated carbocycles. The topological polar surface area (TPSA) is 50.1 Å². The highest BCUT2D eigenvalue weighted by atomic mass is 16.5. The van der Waals surface area contributed by atoms with Crippen LogP contribution < -0.4 is 5.73 Å². The highest BCUT2D eigenvalue weighted by Crippen LogP contribution is 1.94. The Morgan fingerprint density at radius 2 is 2.33 bits per heavy atom. The van der Waals surface area contributed by atoms with Gasteiger partial charge in [-0.3, -0.25) is 10.5 Å². The van der Waals surface area contributed by atoms with Crippen molar-refractivity contribution < 1.29 is 9.53 Å². The Hall–Kier alpha value is -0.570. The normalized spacial score (nSPS) is 12.8. The van der Waals surface area contributed by atoms with E-state index in [9.17, 15) is 4.79 Å². The molecule has 3 heteroatoms. The minimum Gasteiger partial charge on any atom is -0.466 e. The predicted octanol–water partition coefficient (Wildman–Crippen LogP) is 0.468. The second kappa shape index (κ2) is 4.32. The summed E-state index contributed by atoms with van der Waals surface area (Å²) in [6.45, 7) is 3.96. The fourth-order valence-electron chi connectivity index (χ4n) is 0.368. The smallest absolute Gasteiger partial charge is 0.309 e. The quantitative estimate of drug-likeness (QED) is 0.521. The fraction of sp³-hybridized carbons (Fsp3) is 0.833. The third-order valence-corrected chi connectivity index (χ3v) is 0.995. The van der Waals surface area contributed by atoms with E-state index in [2.05, 4.69) is 4.74 Å². The number of hydrogen-bond acceptors (Lipinski definition) is 2. The molecule has 1 unspecified atom stereocenters. The lowest BCUT2D eigenvalue weighted by molar-refractivity contribution is -0.147. The molecular weight excluding hydrogens is 118 g/mol. The monoisotopic (exact) mass is 130 g/mol. The van der Waals surface area contributed by atoms with Crippen molar-refractivity contribution >= 4 is 5.97 Å². The van der Waals surface area contributed by atoms with Gasteiger partial charge in [0, 0.05) is 6.54 Å². The van der Waals surface area contributed by atoms with Crippen molar-refractivity contribution in [2.24, 2.45) is 5.92 Å². The van der Waals surface area contributed by atoms with Crippen molar-refractivity contribution in [3.05, 3.63) is 0 Å². The Labute approximate surface area is 55.2 Å². The summed E-state index contributed by atoms with van der Waals surface area (Å²) in [5.74, 6) is -0.544. The molecule has 0 aliphatic carbocycles. The molecule has 0 amide bonds. The third-order valence-electron chi connectivity index (χ3n) is 0.995. The number of nitrogens with one attached hydrogen (secondary N) is 1. The van der Waals surface area contributed by atoms with Crippen LogP contribution in [0.25, 0.3) is 0 Å². The zero-order valence-electron chi connectivity index (χ0n) is 5.81. The van der Waals surface area contributed by atoms with Gasteiger partial charge >= 0.3 is 5.97 Å². The molecule has 0 aromatic rings. The van der Waals surface area contributed by atoms with E-state index < -0.39 is 0 Å². The van der Waals surface area contributed by atoms with Gasteiger partial charge in [0.1, 0.15) is 0 Å². The molecule has 0 spiro atoms. The third kappa shape index (κ3) is 3.08. The first kappa shape index (κ1) is 8.43. The molecule has 0 aliphatic heterocycles. The lowest BCUT2D eigenvalue weighted by atomic mass is 10.2. The Morgan fingerprint density at radius 3 is 2.67 bits per heavy atom. The van der Waals surface area contributed by atoms with Crippen LogP contribution in [-0.2, 0) is 9.53 Å². The Bertz CT molecular complexity index is 93.1. The molecule has 0 rings (SSSR count). The molecule has 0 heterocycles. The Balaban J connectivity index is 3.46. The number of carbonyl (C=O) groups is 1. The van der Waals surface area contributed by atoms with Crippen LogP contribution in [0.1, 0.15) is 13.8 Å². The molecule has 0 aliphatic rings. The van der Waals surface area contributed by atoms with Gasteiger partial charge in [0.25, 0.3) is 0 Å². The highest BCUT2D eigenvalue weighted by Gasteiger charge is 2.10. The molecule has 53 valence electrons. The van der Waals surface area contributed by atoms with Gasteiger partial charge in [0.2, 0.25) is 0 Å². The summed E-state index contributed by atoms with van der Waals surface area (Å²) in [6.07, 6.45) is 0. The van der Waals surface area contributed by atoms with E-state index in [0.717, 1.165) is 0 Å². The number of hydrogen-bond donors (Lipinski definition) is 0. The molecule has 3 nitrogen and oxygen atoms in total. The SMILES string of the molecule is CCOC(=O)C(C)C[NH]. The van der Waals surface area contributed by atoms with Crippen molar-refractivity contribution in [2.75, 3.05) is 13.2 Å². The van der Waals surface area contributed by atoms with Gasteiger partial charge < -0.3 is 4.74 Å². The van der Waals surface area contributed by atoms with E-state index >= 15 is 0 Å². The van der Waals surface area contributed by atoms with Gasteiger partial charge in [-0.05, 0) is 6.92 Å². The molecule has 1 radical (unpaired) electrons. The first-order chi connectivity index (χ1) is 4.22. The summed E-state index contributed by atoms with van der Waals surface area (Å²) < 4.78 is 4.64. The summed E-state index contributed by atoms with van der Waals surface area (Å²) in [4.78, 5) is 10.6. The number of rotatable bonds is 3. The second-order valence-electron chi connectivity index (χ2n) is 1.86. The largest absolute Gasteiger partial charge is 0.466 e. The van der Waals surface area contributed by atoms with E-state index in [1.165, 1.54) is 0 Å². The fourth-order valence-corrected chi connectivity index (χ4v) is 0.368. The van der Waals surface area contributed by atoms with Crippen molar-refractivity contribution in [3.63, 3.8) is 0 Å². The first-order valence-electron chi connectivity index (χ1n) is 3.03. The molecule has 1 atom stereocenters. The van der Waals surface area contributed by atoms with E-state index in [1.54, 1.807) is 13.8 Å². The van der Waals surface area contributed by atoms with Crippen LogP contribution in [-0.4, -0.2) is 19.1 Å². The van der Waals surface area contributed by atoms with Crippen LogP contribution in [0.5, 0.6) is 0 Å². The summed E-state index contributed by atoms with van der Waals surface area (Å²) >= 11 is 0. The predicted molar refractivity (Wildman–Crippen MR) is 33.8 cm³/mol. The highest BCUT2D eigenvalue weighted by molar-refractivity contribution is 5.72. The summed E-state index contributed by atoms with van der Waals surface area (Å²) in [5, 5.41) is 0. The lowest BCUT2D eigenvalue weighted by Crippen LogP contribution is -2.18. The van der Waals surface area contributed by atoms with Crippen LogP contribution in [0, 0.1) is 5.92 Å². The van der Waals surface area contributed by atoms with E-state index in [-0.39, 0.29) is 18.4 Å². The standard InChI is InChI=1S/C6H12NO2/c1-3-9-6(8)5(2)4-7/h5,7H,3-4H2,1-2H3. The molecule has 0 fully saturated rings. The number of ether oxygens (including phenoxy) is 1. The molecule has 0 saturated heterocycles. The molecular formula is C6H12NO2. The lowest BCUT2D eigenvalue weighted by Gasteiger charge is -2.05. The van der Waals surface area contributed by atoms with Gasteiger partial charge in [0.15, 0.2) is 0 Å². The van der Waals surface area contributed by atoms with Crippen LogP contribution in [0.4, 0.5) is 0 Å². The summed E-state index contributed by atoms with van der Waals surface area (Å²) in [6, 6.07) is 0. The van der Waals surface area contributed by atoms with Crippen LogP contribution >= 0.6 is 0 Å². The second-order valence-corrected chi connectivity index (χ2v) is 1.86. The minimum absolute atomic E-state index is 0.110. The zero-order chi connectivity index (χ0) is 7.28. The van der Waals surface area contributed by atoms with E-state index in [0.29, 0.717) is 6.61 Å². The van der Waals surface area contributed by atoms with Gasteiger partial charge in [-0.15, -0.1) is 0 Å². The first-order valence-corrected chi connectivity index (χ1v) is 3.03. The van der Waals surface area contributed by atoms with Gasteiger partial charge in [-0.2, -0.15) is 0 Å². The zero-order valence-corrected chi connectivity index (χ0v) is 5.81. The van der Waals surface area contributed by atoms with Crippen LogP contribution in [0.3, 0.4) is 0 Å². The van der Waals surface area contributed by atoms with E-state index in [1.807, 2.05) is 0 Å². The Kier molecular flexibility index (Phi) is 4.05. The molecule has 0 bridgehead atoms. The van der Waals surface area contributed by atoms with Crippen molar-refractivity contribution in [1.29, 1.82) is 0 Å². The molecule has 0 aromatic carbocycles. The maximum absolute atomic E-state index is 10.6. The van der Waals surface area contributed by atoms with Crippen LogP contribution in [0.15, 0.2) is 0 Å². The summed E-state index contributed by atoms with van der Waals surface area (Å²) in [7, 11) is 0. The van der Waals surface area contributed by atoms with Gasteiger partial charge in [-0.25, -0.2) is 0 Å². The maximum Gasteiger partial charge on any atom is 0.309 e. The average Bonchev–Trinajstić information content (AvgIpc) is 1.87. The molecule has 9 heavy (non-hydrogen) atoms. The Morgan fingerprint density at radius 1 is 1.78 bits per heavy atom. The van der Waals surface area contributed by atoms with Crippen molar-refractivity contribution in [1.82, 2.24) is 5.73 Å². The van der Waals surface area contributed by atoms with Crippen molar-refractivity contribution in [2.45, 2.75) is 13.8 Å². The van der Waals surface area contributed by atoms with Gasteiger partial charge in [0.05, 0.1) is 12.5 Å². The van der Waals surface area contributed by atoms with Gasteiger partial charge in [-0.1, -0.05) is 6.92 Å². The minimum atomic E-state index is -0.273. The molecule has 1 N–H and O–H groups in total. The van der Waals surface area contributed by atoms with E-state index in [4.69, 9.17) is 5.73 Å². The van der Waals surface area contributed by atoms with Crippen LogP contribution in [0.2, 0.25) is 0 Å². The van der Waals surface area contributed by atoms with Crippen molar-refractivity contribution in [3.8, 4) is 0 Å². The number of carbonyl (C=O) groups excluding carboxylic acids is 1. The molecule has 0 aromatic heterocycles.